The summed E-state index contributed by atoms with van der Waals surface area (Å²) in [5.74, 6) is 0.797. The van der Waals surface area contributed by atoms with Gasteiger partial charge in [-0.25, -0.2) is 0 Å². The number of hydrogen-bond acceptors (Lipinski definition) is 1. The van der Waals surface area contributed by atoms with Crippen molar-refractivity contribution in [3.05, 3.63) is 22.4 Å². The fraction of sp³-hybridized carbons (Fsp3) is 0.500. The van der Waals surface area contributed by atoms with E-state index in [4.69, 9.17) is 11.6 Å². The van der Waals surface area contributed by atoms with Crippen molar-refractivity contribution < 1.29 is 0 Å². The van der Waals surface area contributed by atoms with E-state index in [1.165, 1.54) is 17.7 Å². The first kappa shape index (κ1) is 8.09. The van der Waals surface area contributed by atoms with Crippen LogP contribution < -0.4 is 0 Å². The average molecular weight is 175 g/mol. The predicted molar refractivity (Wildman–Crippen MR) is 48.0 cm³/mol. The molecule has 1 aromatic rings. The van der Waals surface area contributed by atoms with Crippen molar-refractivity contribution in [2.75, 3.05) is 5.88 Å². The molecule has 0 nitrogen and oxygen atoms in total. The SMILES string of the molecule is ClCCCCc1cccs1. The minimum atomic E-state index is 0.797. The number of alkyl halides is 1. The average Bonchev–Trinajstić information content (AvgIpc) is 2.41. The molecular weight excluding hydrogens is 164 g/mol. The van der Waals surface area contributed by atoms with Gasteiger partial charge in [-0.2, -0.15) is 0 Å². The van der Waals surface area contributed by atoms with Gasteiger partial charge < -0.3 is 0 Å². The van der Waals surface area contributed by atoms with Crippen LogP contribution in [0.25, 0.3) is 0 Å². The lowest BCUT2D eigenvalue weighted by Crippen LogP contribution is -1.80. The first-order valence-corrected chi connectivity index (χ1v) is 4.93. The first-order valence-electron chi connectivity index (χ1n) is 3.52. The van der Waals surface area contributed by atoms with Crippen LogP contribution in [0.3, 0.4) is 0 Å². The fourth-order valence-corrected chi connectivity index (χ4v) is 1.79. The van der Waals surface area contributed by atoms with Gasteiger partial charge in [0.05, 0.1) is 0 Å². The lowest BCUT2D eigenvalue weighted by molar-refractivity contribution is 0.809. The van der Waals surface area contributed by atoms with Crippen LogP contribution in [0.15, 0.2) is 17.5 Å². The summed E-state index contributed by atoms with van der Waals surface area (Å²) in [6.07, 6.45) is 3.56. The summed E-state index contributed by atoms with van der Waals surface area (Å²) in [7, 11) is 0. The van der Waals surface area contributed by atoms with E-state index in [1.54, 1.807) is 0 Å². The first-order chi connectivity index (χ1) is 4.93. The van der Waals surface area contributed by atoms with Crippen molar-refractivity contribution in [3.63, 3.8) is 0 Å². The van der Waals surface area contributed by atoms with Crippen LogP contribution in [0.4, 0.5) is 0 Å². The second kappa shape index (κ2) is 4.75. The predicted octanol–water partition coefficient (Wildman–Crippen LogP) is 3.31. The molecule has 2 heteroatoms. The maximum atomic E-state index is 5.55. The van der Waals surface area contributed by atoms with Gasteiger partial charge in [0.1, 0.15) is 0 Å². The van der Waals surface area contributed by atoms with Gasteiger partial charge >= 0.3 is 0 Å². The van der Waals surface area contributed by atoms with Gasteiger partial charge in [0, 0.05) is 10.8 Å². The molecule has 0 aliphatic heterocycles. The Balaban J connectivity index is 2.15. The zero-order valence-electron chi connectivity index (χ0n) is 5.85. The lowest BCUT2D eigenvalue weighted by Gasteiger charge is -1.92. The molecule has 0 aromatic carbocycles. The maximum absolute atomic E-state index is 5.55. The van der Waals surface area contributed by atoms with Crippen LogP contribution >= 0.6 is 22.9 Å². The smallest absolute Gasteiger partial charge is 0.0223 e. The van der Waals surface area contributed by atoms with Gasteiger partial charge in [-0.05, 0) is 30.7 Å². The van der Waals surface area contributed by atoms with Crippen molar-refractivity contribution in [3.8, 4) is 0 Å². The molecule has 0 spiro atoms. The van der Waals surface area contributed by atoms with E-state index in [1.807, 2.05) is 11.3 Å². The van der Waals surface area contributed by atoms with Gasteiger partial charge in [-0.3, -0.25) is 0 Å². The third kappa shape index (κ3) is 2.72. The Morgan fingerprint density at radius 2 is 2.30 bits per heavy atom. The van der Waals surface area contributed by atoms with Crippen molar-refractivity contribution in [2.24, 2.45) is 0 Å². The van der Waals surface area contributed by atoms with E-state index in [0.29, 0.717) is 0 Å². The summed E-state index contributed by atoms with van der Waals surface area (Å²) in [6.45, 7) is 0. The summed E-state index contributed by atoms with van der Waals surface area (Å²) in [4.78, 5) is 1.48. The highest BCUT2D eigenvalue weighted by molar-refractivity contribution is 7.09. The molecule has 1 heterocycles. The van der Waals surface area contributed by atoms with E-state index < -0.39 is 0 Å². The summed E-state index contributed by atoms with van der Waals surface area (Å²) in [5, 5.41) is 2.12. The molecule has 0 radical (unpaired) electrons. The van der Waals surface area contributed by atoms with E-state index in [-0.39, 0.29) is 0 Å². The molecule has 0 bridgehead atoms. The Morgan fingerprint density at radius 3 is 2.90 bits per heavy atom. The molecule has 0 amide bonds. The molecule has 0 saturated heterocycles. The van der Waals surface area contributed by atoms with Crippen LogP contribution in [0.5, 0.6) is 0 Å². The third-order valence-electron chi connectivity index (χ3n) is 1.39. The summed E-state index contributed by atoms with van der Waals surface area (Å²) < 4.78 is 0. The van der Waals surface area contributed by atoms with Gasteiger partial charge in [-0.1, -0.05) is 6.07 Å². The maximum Gasteiger partial charge on any atom is 0.0223 e. The molecule has 0 saturated carbocycles. The number of aryl methyl sites for hydroxylation is 1. The highest BCUT2D eigenvalue weighted by atomic mass is 35.5. The van der Waals surface area contributed by atoms with Crippen LogP contribution in [0.2, 0.25) is 0 Å². The highest BCUT2D eigenvalue weighted by Crippen LogP contribution is 2.11. The van der Waals surface area contributed by atoms with E-state index in [9.17, 15) is 0 Å². The van der Waals surface area contributed by atoms with E-state index in [2.05, 4.69) is 17.5 Å². The zero-order chi connectivity index (χ0) is 7.23. The molecule has 0 N–H and O–H groups in total. The Hall–Kier alpha value is -0.0100. The molecule has 56 valence electrons. The van der Waals surface area contributed by atoms with Gasteiger partial charge in [0.25, 0.3) is 0 Å². The monoisotopic (exact) mass is 174 g/mol. The molecule has 10 heavy (non-hydrogen) atoms. The Morgan fingerprint density at radius 1 is 1.40 bits per heavy atom. The molecule has 1 aromatic heterocycles. The van der Waals surface area contributed by atoms with E-state index >= 15 is 0 Å². The summed E-state index contributed by atoms with van der Waals surface area (Å²) in [5.41, 5.74) is 0. The van der Waals surface area contributed by atoms with Crippen molar-refractivity contribution >= 4 is 22.9 Å². The topological polar surface area (TPSA) is 0 Å². The Bertz CT molecular complexity index is 158. The normalized spacial score (nSPS) is 10.1. The lowest BCUT2D eigenvalue weighted by atomic mass is 10.2. The number of halogens is 1. The molecule has 0 fully saturated rings. The van der Waals surface area contributed by atoms with Crippen LogP contribution in [-0.2, 0) is 6.42 Å². The summed E-state index contributed by atoms with van der Waals surface area (Å²) >= 11 is 7.38. The van der Waals surface area contributed by atoms with Gasteiger partial charge in [0.15, 0.2) is 0 Å². The second-order valence-electron chi connectivity index (χ2n) is 2.23. The molecule has 1 rings (SSSR count). The standard InChI is InChI=1S/C8H11ClS/c9-6-2-1-4-8-5-3-7-10-8/h3,5,7H,1-2,4,6H2. The van der Waals surface area contributed by atoms with E-state index in [0.717, 1.165) is 12.3 Å². The molecule has 0 atom stereocenters. The fourth-order valence-electron chi connectivity index (χ4n) is 0.849. The highest BCUT2D eigenvalue weighted by Gasteiger charge is 1.91. The second-order valence-corrected chi connectivity index (χ2v) is 3.64. The van der Waals surface area contributed by atoms with Gasteiger partial charge in [-0.15, -0.1) is 22.9 Å². The Labute approximate surface area is 70.8 Å². The third-order valence-corrected chi connectivity index (χ3v) is 2.59. The minimum Gasteiger partial charge on any atom is -0.149 e. The summed E-state index contributed by atoms with van der Waals surface area (Å²) in [6, 6.07) is 4.28. The zero-order valence-corrected chi connectivity index (χ0v) is 7.42. The van der Waals surface area contributed by atoms with Crippen molar-refractivity contribution in [1.29, 1.82) is 0 Å². The number of rotatable bonds is 4. The molecule has 0 unspecified atom stereocenters. The number of unbranched alkanes of at least 4 members (excludes halogenated alkanes) is 1. The van der Waals surface area contributed by atoms with Crippen LogP contribution in [-0.4, -0.2) is 5.88 Å². The van der Waals surface area contributed by atoms with Crippen molar-refractivity contribution in [2.45, 2.75) is 19.3 Å². The number of thiophene rings is 1. The van der Waals surface area contributed by atoms with Crippen molar-refractivity contribution in [1.82, 2.24) is 0 Å². The molecular formula is C8H11ClS. The van der Waals surface area contributed by atoms with Gasteiger partial charge in [0.2, 0.25) is 0 Å². The number of hydrogen-bond donors (Lipinski definition) is 0. The Kier molecular flexibility index (Phi) is 3.84. The van der Waals surface area contributed by atoms with Crippen LogP contribution in [0.1, 0.15) is 17.7 Å². The minimum absolute atomic E-state index is 0.797. The largest absolute Gasteiger partial charge is 0.149 e. The molecule has 0 aliphatic rings. The van der Waals surface area contributed by atoms with Crippen LogP contribution in [0, 0.1) is 0 Å². The molecule has 0 aliphatic carbocycles. The quantitative estimate of drug-likeness (QED) is 0.486.